The lowest BCUT2D eigenvalue weighted by molar-refractivity contribution is 0.229. The Hall–Kier alpha value is -1.23. The largest absolute Gasteiger partial charge is 0.330 e. The number of H-pyrrole nitrogens is 1. The highest BCUT2D eigenvalue weighted by molar-refractivity contribution is 7.71. The zero-order valence-corrected chi connectivity index (χ0v) is 12.3. The van der Waals surface area contributed by atoms with E-state index >= 15 is 0 Å². The first-order valence-corrected chi connectivity index (χ1v) is 7.55. The minimum atomic E-state index is -0.822. The van der Waals surface area contributed by atoms with E-state index in [9.17, 15) is 8.78 Å². The number of halogens is 2. The molecule has 2 nitrogen and oxygen atoms in total. The molecule has 1 heterocycles. The van der Waals surface area contributed by atoms with Crippen LogP contribution in [0.1, 0.15) is 32.6 Å². The van der Waals surface area contributed by atoms with E-state index < -0.39 is 11.6 Å². The van der Waals surface area contributed by atoms with E-state index in [1.54, 1.807) is 10.6 Å². The number of hydrogen-bond donors (Lipinski definition) is 1. The Kier molecular flexibility index (Phi) is 3.63. The average molecular weight is 296 g/mol. The Labute approximate surface area is 121 Å². The number of nitrogens with one attached hydrogen (secondary N) is 1. The number of aromatic amines is 1. The number of fused-ring (bicyclic) bond motifs is 1. The topological polar surface area (TPSA) is 20.7 Å². The summed E-state index contributed by atoms with van der Waals surface area (Å²) in [6, 6.07) is 2.68. The summed E-state index contributed by atoms with van der Waals surface area (Å²) in [5, 5.41) is 0. The van der Waals surface area contributed by atoms with Gasteiger partial charge in [0.25, 0.3) is 0 Å². The molecular formula is C15H18F2N2S. The van der Waals surface area contributed by atoms with E-state index in [2.05, 4.69) is 11.9 Å². The van der Waals surface area contributed by atoms with Crippen LogP contribution in [0.3, 0.4) is 0 Å². The van der Waals surface area contributed by atoms with Crippen molar-refractivity contribution in [2.75, 3.05) is 0 Å². The molecule has 20 heavy (non-hydrogen) atoms. The maximum absolute atomic E-state index is 14.1. The summed E-state index contributed by atoms with van der Waals surface area (Å²) >= 11 is 5.28. The zero-order valence-electron chi connectivity index (χ0n) is 11.5. The van der Waals surface area contributed by atoms with Crippen molar-refractivity contribution in [1.29, 1.82) is 0 Å². The van der Waals surface area contributed by atoms with Gasteiger partial charge in [0, 0.05) is 6.54 Å². The molecule has 2 atom stereocenters. The van der Waals surface area contributed by atoms with Crippen LogP contribution in [0, 0.1) is 28.2 Å². The standard InChI is InChI=1S/C15H18F2N2S/c1-9-4-2-3-5-10(9)8-19-14-12(18-15(19)20)7-6-11(16)13(14)17/h6-7,9-10H,2-5,8H2,1H3,(H,18,20). The van der Waals surface area contributed by atoms with Crippen LogP contribution in [0.15, 0.2) is 12.1 Å². The van der Waals surface area contributed by atoms with Crippen molar-refractivity contribution in [2.45, 2.75) is 39.2 Å². The summed E-state index contributed by atoms with van der Waals surface area (Å²) in [6.45, 7) is 2.90. The molecule has 3 rings (SSSR count). The zero-order chi connectivity index (χ0) is 14.3. The van der Waals surface area contributed by atoms with Gasteiger partial charge < -0.3 is 9.55 Å². The lowest BCUT2D eigenvalue weighted by Crippen LogP contribution is -2.22. The third-order valence-electron chi connectivity index (χ3n) is 4.53. The highest BCUT2D eigenvalue weighted by Gasteiger charge is 2.23. The summed E-state index contributed by atoms with van der Waals surface area (Å²) in [4.78, 5) is 2.97. The SMILES string of the molecule is CC1CCCCC1Cn1c(=S)[nH]c2ccc(F)c(F)c21. The molecule has 1 fully saturated rings. The molecule has 2 unspecified atom stereocenters. The molecule has 0 amide bonds. The number of hydrogen-bond acceptors (Lipinski definition) is 1. The van der Waals surface area contributed by atoms with Crippen molar-refractivity contribution >= 4 is 23.3 Å². The van der Waals surface area contributed by atoms with Gasteiger partial charge in [0.1, 0.15) is 5.52 Å². The van der Waals surface area contributed by atoms with E-state index in [4.69, 9.17) is 12.2 Å². The van der Waals surface area contributed by atoms with E-state index in [-0.39, 0.29) is 5.52 Å². The molecule has 0 saturated heterocycles. The van der Waals surface area contributed by atoms with E-state index in [1.807, 2.05) is 0 Å². The summed E-state index contributed by atoms with van der Waals surface area (Å²) in [7, 11) is 0. The monoisotopic (exact) mass is 296 g/mol. The fraction of sp³-hybridized carbons (Fsp3) is 0.533. The molecule has 1 N–H and O–H groups in total. The van der Waals surface area contributed by atoms with Crippen molar-refractivity contribution in [3.05, 3.63) is 28.5 Å². The fourth-order valence-corrected chi connectivity index (χ4v) is 3.54. The number of rotatable bonds is 2. The van der Waals surface area contributed by atoms with E-state index in [0.29, 0.717) is 28.7 Å². The van der Waals surface area contributed by atoms with Crippen molar-refractivity contribution < 1.29 is 8.78 Å². The van der Waals surface area contributed by atoms with Crippen molar-refractivity contribution in [3.8, 4) is 0 Å². The first-order chi connectivity index (χ1) is 9.58. The Morgan fingerprint density at radius 1 is 1.30 bits per heavy atom. The van der Waals surface area contributed by atoms with Gasteiger partial charge in [-0.2, -0.15) is 0 Å². The normalized spacial score (nSPS) is 23.4. The lowest BCUT2D eigenvalue weighted by atomic mass is 9.80. The molecule has 1 aromatic heterocycles. The second kappa shape index (κ2) is 5.28. The number of nitrogens with zero attached hydrogens (tertiary/aromatic N) is 1. The summed E-state index contributed by atoms with van der Waals surface area (Å²) in [5.74, 6) is -0.542. The molecule has 2 aromatic rings. The molecule has 1 saturated carbocycles. The predicted molar refractivity (Wildman–Crippen MR) is 78.2 cm³/mol. The molecule has 0 aliphatic heterocycles. The molecule has 1 aromatic carbocycles. The highest BCUT2D eigenvalue weighted by atomic mass is 32.1. The lowest BCUT2D eigenvalue weighted by Gasteiger charge is -2.29. The van der Waals surface area contributed by atoms with Crippen LogP contribution in [-0.4, -0.2) is 9.55 Å². The Balaban J connectivity index is 2.04. The minimum absolute atomic E-state index is 0.271. The second-order valence-electron chi connectivity index (χ2n) is 5.82. The van der Waals surface area contributed by atoms with Gasteiger partial charge in [0.05, 0.1) is 5.52 Å². The minimum Gasteiger partial charge on any atom is -0.330 e. The molecular weight excluding hydrogens is 278 g/mol. The molecule has 1 aliphatic carbocycles. The van der Waals surface area contributed by atoms with Gasteiger partial charge in [-0.15, -0.1) is 0 Å². The molecule has 0 bridgehead atoms. The van der Waals surface area contributed by atoms with Gasteiger partial charge in [0.2, 0.25) is 0 Å². The number of aromatic nitrogens is 2. The van der Waals surface area contributed by atoms with Crippen LogP contribution in [-0.2, 0) is 6.54 Å². The van der Waals surface area contributed by atoms with Crippen LogP contribution in [0.25, 0.3) is 11.0 Å². The maximum atomic E-state index is 14.1. The summed E-state index contributed by atoms with van der Waals surface area (Å²) in [5.41, 5.74) is 0.838. The highest BCUT2D eigenvalue weighted by Crippen LogP contribution is 2.32. The third kappa shape index (κ3) is 2.28. The third-order valence-corrected chi connectivity index (χ3v) is 4.85. The van der Waals surface area contributed by atoms with Gasteiger partial charge in [-0.05, 0) is 42.6 Å². The van der Waals surface area contributed by atoms with Crippen LogP contribution in [0.4, 0.5) is 8.78 Å². The van der Waals surface area contributed by atoms with Crippen molar-refractivity contribution in [1.82, 2.24) is 9.55 Å². The number of benzene rings is 1. The Morgan fingerprint density at radius 2 is 2.05 bits per heavy atom. The quantitative estimate of drug-likeness (QED) is 0.789. The Morgan fingerprint density at radius 3 is 2.80 bits per heavy atom. The van der Waals surface area contributed by atoms with E-state index in [1.165, 1.54) is 19.3 Å². The molecule has 0 radical (unpaired) electrons. The Bertz CT molecular complexity index is 689. The van der Waals surface area contributed by atoms with Crippen LogP contribution in [0.5, 0.6) is 0 Å². The predicted octanol–water partition coefficient (Wildman–Crippen LogP) is 4.80. The maximum Gasteiger partial charge on any atom is 0.184 e. The van der Waals surface area contributed by atoms with Gasteiger partial charge in [0.15, 0.2) is 16.4 Å². The second-order valence-corrected chi connectivity index (χ2v) is 6.21. The van der Waals surface area contributed by atoms with Crippen LogP contribution in [0.2, 0.25) is 0 Å². The van der Waals surface area contributed by atoms with Gasteiger partial charge in [-0.25, -0.2) is 8.78 Å². The summed E-state index contributed by atoms with van der Waals surface area (Å²) < 4.78 is 29.7. The summed E-state index contributed by atoms with van der Waals surface area (Å²) in [6.07, 6.45) is 4.81. The smallest absolute Gasteiger partial charge is 0.184 e. The van der Waals surface area contributed by atoms with Crippen LogP contribution >= 0.6 is 12.2 Å². The molecule has 108 valence electrons. The van der Waals surface area contributed by atoms with Crippen molar-refractivity contribution in [2.24, 2.45) is 11.8 Å². The van der Waals surface area contributed by atoms with Gasteiger partial charge >= 0.3 is 0 Å². The molecule has 0 spiro atoms. The number of imidazole rings is 1. The molecule has 1 aliphatic rings. The average Bonchev–Trinajstić information content (AvgIpc) is 2.74. The van der Waals surface area contributed by atoms with Crippen LogP contribution < -0.4 is 0 Å². The van der Waals surface area contributed by atoms with E-state index in [0.717, 1.165) is 12.5 Å². The fourth-order valence-electron chi connectivity index (χ4n) is 3.26. The molecule has 5 heteroatoms. The van der Waals surface area contributed by atoms with Crippen molar-refractivity contribution in [3.63, 3.8) is 0 Å². The first kappa shape index (κ1) is 13.7. The van der Waals surface area contributed by atoms with Gasteiger partial charge in [-0.3, -0.25) is 0 Å². The van der Waals surface area contributed by atoms with Gasteiger partial charge in [-0.1, -0.05) is 26.2 Å². The first-order valence-electron chi connectivity index (χ1n) is 7.14.